The second-order valence-corrected chi connectivity index (χ2v) is 9.52. The third-order valence-corrected chi connectivity index (χ3v) is 6.98. The fraction of sp³-hybridized carbons (Fsp3) is 0.269. The molecule has 0 saturated heterocycles. The number of aromatic hydroxyl groups is 1. The van der Waals surface area contributed by atoms with Gasteiger partial charge in [0.25, 0.3) is 0 Å². The van der Waals surface area contributed by atoms with Crippen molar-refractivity contribution in [1.29, 1.82) is 0 Å². The van der Waals surface area contributed by atoms with Crippen molar-refractivity contribution in [3.63, 3.8) is 0 Å². The van der Waals surface area contributed by atoms with Crippen LogP contribution in [0.4, 0.5) is 13.2 Å². The van der Waals surface area contributed by atoms with E-state index < -0.39 is 11.9 Å². The number of aromatic amines is 1. The molecule has 0 aliphatic carbocycles. The van der Waals surface area contributed by atoms with Crippen LogP contribution in [0.2, 0.25) is 0 Å². The second-order valence-electron chi connectivity index (χ2n) is 8.54. The molecule has 2 aromatic heterocycles. The smallest absolute Gasteiger partial charge is 0.437 e. The Morgan fingerprint density at radius 2 is 2.08 bits per heavy atom. The van der Waals surface area contributed by atoms with Crippen LogP contribution in [0.25, 0.3) is 22.6 Å². The number of thiazole rings is 1. The summed E-state index contributed by atoms with van der Waals surface area (Å²) in [5.41, 5.74) is 1.30. The van der Waals surface area contributed by atoms with Gasteiger partial charge in [-0.15, -0.1) is 0 Å². The Hall–Kier alpha value is -3.86. The molecule has 11 heteroatoms. The van der Waals surface area contributed by atoms with Crippen molar-refractivity contribution >= 4 is 34.0 Å². The zero-order valence-corrected chi connectivity index (χ0v) is 20.5. The number of nitrogens with zero attached hydrogens (tertiary/aromatic N) is 2. The standard InChI is InChI=1S/C26H22F3N3O4S/c1-2-4-17-20(9-7-18-21(17)36-32-23(18)26(27,28)29)35-12-3-5-16(22-24(33)31-25(34)37-22)14-6-8-19-15(13-14)10-11-30-19/h6-11,13,33H,2-5,12H2,1H3,(H,31,34). The summed E-state index contributed by atoms with van der Waals surface area (Å²) in [5.74, 6) is 0.257. The Kier molecular flexibility index (Phi) is 6.63. The van der Waals surface area contributed by atoms with Gasteiger partial charge in [-0.3, -0.25) is 14.8 Å². The molecule has 4 aromatic rings. The van der Waals surface area contributed by atoms with E-state index in [0.717, 1.165) is 33.0 Å². The van der Waals surface area contributed by atoms with E-state index in [2.05, 4.69) is 15.1 Å². The second kappa shape index (κ2) is 9.89. The molecule has 1 aliphatic heterocycles. The summed E-state index contributed by atoms with van der Waals surface area (Å²) >= 11 is 0.928. The topological polar surface area (TPSA) is 101 Å². The molecule has 2 aromatic carbocycles. The first-order chi connectivity index (χ1) is 17.8. The van der Waals surface area contributed by atoms with Crippen LogP contribution in [0.15, 0.2) is 50.8 Å². The maximum atomic E-state index is 13.3. The number of benzene rings is 2. The van der Waals surface area contributed by atoms with E-state index in [-0.39, 0.29) is 28.3 Å². The van der Waals surface area contributed by atoms with E-state index >= 15 is 0 Å². The van der Waals surface area contributed by atoms with Crippen LogP contribution in [0.5, 0.6) is 11.6 Å². The molecule has 0 fully saturated rings. The molecule has 0 unspecified atom stereocenters. The Bertz CT molecular complexity index is 1680. The van der Waals surface area contributed by atoms with E-state index in [9.17, 15) is 23.1 Å². The zero-order chi connectivity index (χ0) is 26.2. The number of alkyl halides is 3. The maximum Gasteiger partial charge on any atom is 0.437 e. The molecular weight excluding hydrogens is 507 g/mol. The fourth-order valence-corrected chi connectivity index (χ4v) is 5.23. The van der Waals surface area contributed by atoms with Crippen molar-refractivity contribution in [2.75, 3.05) is 6.61 Å². The number of nitrogens with one attached hydrogen (secondary N) is 1. The largest absolute Gasteiger partial charge is 0.493 e. The highest BCUT2D eigenvalue weighted by atomic mass is 32.1. The number of H-pyrrole nitrogens is 1. The predicted octanol–water partition coefficient (Wildman–Crippen LogP) is 4.92. The van der Waals surface area contributed by atoms with Gasteiger partial charge in [-0.05, 0) is 60.4 Å². The number of fused-ring (bicyclic) bond motifs is 2. The van der Waals surface area contributed by atoms with Gasteiger partial charge < -0.3 is 14.4 Å². The Labute approximate surface area is 212 Å². The van der Waals surface area contributed by atoms with Gasteiger partial charge in [-0.1, -0.05) is 35.9 Å². The van der Waals surface area contributed by atoms with E-state index in [1.165, 1.54) is 12.1 Å². The first-order valence-electron chi connectivity index (χ1n) is 11.7. The highest BCUT2D eigenvalue weighted by molar-refractivity contribution is 7.10. The molecular formula is C26H22F3N3O4S. The molecule has 1 aliphatic rings. The number of hydrogen-bond donors (Lipinski definition) is 2. The van der Waals surface area contributed by atoms with Gasteiger partial charge in [0.15, 0.2) is 11.3 Å². The molecule has 0 amide bonds. The van der Waals surface area contributed by atoms with Crippen LogP contribution < -0.4 is 20.2 Å². The fourth-order valence-electron chi connectivity index (χ4n) is 4.40. The highest BCUT2D eigenvalue weighted by Crippen LogP contribution is 2.38. The van der Waals surface area contributed by atoms with E-state index in [4.69, 9.17) is 9.26 Å². The highest BCUT2D eigenvalue weighted by Gasteiger charge is 2.37. The van der Waals surface area contributed by atoms with Crippen molar-refractivity contribution in [3.05, 3.63) is 78.5 Å². The zero-order valence-electron chi connectivity index (χ0n) is 19.7. The molecule has 5 rings (SSSR count). The minimum atomic E-state index is -4.61. The Morgan fingerprint density at radius 1 is 1.24 bits per heavy atom. The van der Waals surface area contributed by atoms with Gasteiger partial charge in [0.1, 0.15) is 5.75 Å². The van der Waals surface area contributed by atoms with Crippen LogP contribution in [0.3, 0.4) is 0 Å². The van der Waals surface area contributed by atoms with Crippen LogP contribution >= 0.6 is 11.3 Å². The summed E-state index contributed by atoms with van der Waals surface area (Å²) in [6.45, 7) is 2.17. The van der Waals surface area contributed by atoms with Crippen molar-refractivity contribution < 1.29 is 27.5 Å². The van der Waals surface area contributed by atoms with E-state index in [1.54, 1.807) is 6.20 Å². The average molecular weight is 530 g/mol. The van der Waals surface area contributed by atoms with E-state index in [0.29, 0.717) is 41.9 Å². The summed E-state index contributed by atoms with van der Waals surface area (Å²) in [4.78, 5) is 18.7. The van der Waals surface area contributed by atoms with Crippen LogP contribution in [0, 0.1) is 0 Å². The molecule has 0 atom stereocenters. The van der Waals surface area contributed by atoms with Gasteiger partial charge >= 0.3 is 11.0 Å². The normalized spacial score (nSPS) is 13.6. The summed E-state index contributed by atoms with van der Waals surface area (Å²) in [5, 5.41) is 15.2. The maximum absolute atomic E-state index is 13.3. The minimum Gasteiger partial charge on any atom is -0.493 e. The lowest BCUT2D eigenvalue weighted by atomic mass is 10.0. The predicted molar refractivity (Wildman–Crippen MR) is 133 cm³/mol. The van der Waals surface area contributed by atoms with Gasteiger partial charge in [0.2, 0.25) is 5.88 Å². The number of aromatic nitrogens is 2. The van der Waals surface area contributed by atoms with Crippen LogP contribution in [-0.2, 0) is 12.6 Å². The van der Waals surface area contributed by atoms with Gasteiger partial charge in [-0.2, -0.15) is 13.2 Å². The molecule has 7 nitrogen and oxygen atoms in total. The molecule has 0 radical (unpaired) electrons. The number of aryl methyl sites for hydroxylation is 1. The summed E-state index contributed by atoms with van der Waals surface area (Å²) < 4.78 is 50.9. The van der Waals surface area contributed by atoms with E-state index in [1.807, 2.05) is 31.2 Å². The number of hydrogen-bond acceptors (Lipinski definition) is 7. The Morgan fingerprint density at radius 3 is 2.81 bits per heavy atom. The molecule has 0 bridgehead atoms. The SMILES string of the molecule is CCCc1c(OCCCC(c2sc(=O)[nH]c2O)=c2ccc3c(c2)C=CN=3)ccc2c(C(F)(F)F)noc12. The van der Waals surface area contributed by atoms with Crippen LogP contribution in [-0.4, -0.2) is 21.9 Å². The summed E-state index contributed by atoms with van der Waals surface area (Å²) in [7, 11) is 0. The molecule has 3 heterocycles. The number of halogens is 3. The number of rotatable bonds is 8. The van der Waals surface area contributed by atoms with Crippen molar-refractivity contribution in [1.82, 2.24) is 10.1 Å². The third-order valence-electron chi connectivity index (χ3n) is 6.05. The van der Waals surface area contributed by atoms with Crippen LogP contribution in [0.1, 0.15) is 47.9 Å². The lowest BCUT2D eigenvalue weighted by molar-refractivity contribution is -0.141. The molecule has 37 heavy (non-hydrogen) atoms. The van der Waals surface area contributed by atoms with Crippen molar-refractivity contribution in [2.45, 2.75) is 38.8 Å². The van der Waals surface area contributed by atoms with Gasteiger partial charge in [-0.25, -0.2) is 0 Å². The summed E-state index contributed by atoms with van der Waals surface area (Å²) in [6.07, 6.45) is 1.14. The first kappa shape index (κ1) is 24.8. The minimum absolute atomic E-state index is 0.0811. The van der Waals surface area contributed by atoms with Crippen molar-refractivity contribution in [2.24, 2.45) is 4.99 Å². The lowest BCUT2D eigenvalue weighted by Gasteiger charge is -2.12. The molecule has 192 valence electrons. The Balaban J connectivity index is 1.40. The quantitative estimate of drug-likeness (QED) is 0.316. The van der Waals surface area contributed by atoms with Gasteiger partial charge in [0.05, 0.1) is 22.2 Å². The first-order valence-corrected chi connectivity index (χ1v) is 12.5. The molecule has 0 saturated carbocycles. The monoisotopic (exact) mass is 529 g/mol. The molecule has 0 spiro atoms. The summed E-state index contributed by atoms with van der Waals surface area (Å²) in [6, 6.07) is 8.57. The number of ether oxygens (including phenoxy) is 1. The van der Waals surface area contributed by atoms with Crippen molar-refractivity contribution in [3.8, 4) is 11.6 Å². The molecule has 2 N–H and O–H groups in total. The van der Waals surface area contributed by atoms with Gasteiger partial charge in [0, 0.05) is 17.3 Å². The lowest BCUT2D eigenvalue weighted by Crippen LogP contribution is -2.14. The third kappa shape index (κ3) is 4.91. The average Bonchev–Trinajstić information content (AvgIpc) is 3.57.